The molecule has 0 saturated carbocycles. The average molecular weight is 422 g/mol. The van der Waals surface area contributed by atoms with Gasteiger partial charge in [0.15, 0.2) is 0 Å². The first-order valence-corrected chi connectivity index (χ1v) is 9.06. The highest BCUT2D eigenvalue weighted by atomic mass is 79.9. The van der Waals surface area contributed by atoms with Crippen LogP contribution >= 0.6 is 43.2 Å². The van der Waals surface area contributed by atoms with Gasteiger partial charge in [-0.3, -0.25) is 4.68 Å². The molecule has 0 amide bonds. The van der Waals surface area contributed by atoms with E-state index in [0.29, 0.717) is 6.42 Å². The van der Waals surface area contributed by atoms with Gasteiger partial charge in [0.2, 0.25) is 0 Å². The number of hydrogen-bond donors (Lipinski definition) is 1. The first-order chi connectivity index (χ1) is 9.47. The molecule has 1 atom stereocenters. The Hall–Kier alpha value is -0.170. The Morgan fingerprint density at radius 1 is 1.40 bits per heavy atom. The topological polar surface area (TPSA) is 38.0 Å². The van der Waals surface area contributed by atoms with Crippen LogP contribution in [0.15, 0.2) is 14.3 Å². The highest BCUT2D eigenvalue weighted by Crippen LogP contribution is 2.34. The van der Waals surface area contributed by atoms with E-state index < -0.39 is 6.10 Å². The maximum Gasteiger partial charge on any atom is 0.0938 e. The number of aliphatic hydroxyl groups excluding tert-OH is 1. The number of rotatable bonds is 5. The molecular formula is C14H18Br2N2OS. The van der Waals surface area contributed by atoms with Crippen molar-refractivity contribution in [3.8, 4) is 0 Å². The standard InChI is InChI=1S/C14H18Br2N2OS/c1-4-9-13(15)10(18(5-2)17-9)7-11(19)12-6-8(3)14(16)20-12/h6,11,19H,4-5,7H2,1-3H3. The normalized spacial score (nSPS) is 12.9. The van der Waals surface area contributed by atoms with Crippen molar-refractivity contribution in [2.24, 2.45) is 0 Å². The van der Waals surface area contributed by atoms with Crippen LogP contribution in [0.1, 0.15) is 41.8 Å². The van der Waals surface area contributed by atoms with Gasteiger partial charge >= 0.3 is 0 Å². The van der Waals surface area contributed by atoms with E-state index in [2.05, 4.69) is 50.8 Å². The minimum atomic E-state index is -0.493. The van der Waals surface area contributed by atoms with Crippen LogP contribution in [0.2, 0.25) is 0 Å². The quantitative estimate of drug-likeness (QED) is 0.763. The lowest BCUT2D eigenvalue weighted by molar-refractivity contribution is 0.179. The van der Waals surface area contributed by atoms with E-state index in [4.69, 9.17) is 0 Å². The molecule has 0 fully saturated rings. The van der Waals surface area contributed by atoms with Gasteiger partial charge in [-0.25, -0.2) is 0 Å². The lowest BCUT2D eigenvalue weighted by Crippen LogP contribution is -2.08. The van der Waals surface area contributed by atoms with E-state index in [9.17, 15) is 5.11 Å². The number of hydrogen-bond acceptors (Lipinski definition) is 3. The maximum absolute atomic E-state index is 10.5. The molecule has 1 unspecified atom stereocenters. The molecule has 2 rings (SSSR count). The van der Waals surface area contributed by atoms with Crippen molar-refractivity contribution in [3.05, 3.63) is 36.2 Å². The van der Waals surface area contributed by atoms with Gasteiger partial charge in [-0.05, 0) is 63.8 Å². The number of aryl methyl sites for hydroxylation is 3. The van der Waals surface area contributed by atoms with Crippen LogP contribution in [-0.2, 0) is 19.4 Å². The Morgan fingerprint density at radius 3 is 2.60 bits per heavy atom. The molecule has 0 spiro atoms. The molecule has 0 saturated heterocycles. The summed E-state index contributed by atoms with van der Waals surface area (Å²) in [4.78, 5) is 0.989. The van der Waals surface area contributed by atoms with Crippen LogP contribution in [0.4, 0.5) is 0 Å². The number of aliphatic hydroxyl groups is 1. The molecule has 20 heavy (non-hydrogen) atoms. The summed E-state index contributed by atoms with van der Waals surface area (Å²) in [7, 11) is 0. The summed E-state index contributed by atoms with van der Waals surface area (Å²) in [6, 6.07) is 2.04. The molecule has 0 bridgehead atoms. The Balaban J connectivity index is 2.27. The Morgan fingerprint density at radius 2 is 2.10 bits per heavy atom. The van der Waals surface area contributed by atoms with Gasteiger partial charge in [0.25, 0.3) is 0 Å². The van der Waals surface area contributed by atoms with Crippen LogP contribution in [0, 0.1) is 6.92 Å². The molecule has 0 radical (unpaired) electrons. The molecule has 0 aliphatic rings. The lowest BCUT2D eigenvalue weighted by Gasteiger charge is -2.10. The lowest BCUT2D eigenvalue weighted by atomic mass is 10.1. The van der Waals surface area contributed by atoms with Gasteiger partial charge in [0.05, 0.1) is 25.8 Å². The zero-order valence-corrected chi connectivity index (χ0v) is 15.8. The number of nitrogens with zero attached hydrogens (tertiary/aromatic N) is 2. The third-order valence-electron chi connectivity index (χ3n) is 3.29. The Bertz CT molecular complexity index is 587. The van der Waals surface area contributed by atoms with Crippen molar-refractivity contribution in [1.29, 1.82) is 0 Å². The van der Waals surface area contributed by atoms with Crippen molar-refractivity contribution in [2.45, 2.75) is 46.3 Å². The van der Waals surface area contributed by atoms with E-state index in [1.807, 2.05) is 17.7 Å². The van der Waals surface area contributed by atoms with Gasteiger partial charge < -0.3 is 5.11 Å². The molecular weight excluding hydrogens is 404 g/mol. The SMILES string of the molecule is CCc1nn(CC)c(CC(O)c2cc(C)c(Br)s2)c1Br. The molecule has 2 aromatic heterocycles. The second kappa shape index (κ2) is 6.73. The zero-order valence-electron chi connectivity index (χ0n) is 11.8. The third kappa shape index (κ3) is 3.18. The predicted octanol–water partition coefficient (Wildman–Crippen LogP) is 4.64. The van der Waals surface area contributed by atoms with Crippen molar-refractivity contribution in [1.82, 2.24) is 9.78 Å². The van der Waals surface area contributed by atoms with Crippen LogP contribution in [-0.4, -0.2) is 14.9 Å². The largest absolute Gasteiger partial charge is 0.387 e. The summed E-state index contributed by atoms with van der Waals surface area (Å²) < 4.78 is 4.10. The smallest absolute Gasteiger partial charge is 0.0938 e. The zero-order chi connectivity index (χ0) is 14.9. The highest BCUT2D eigenvalue weighted by molar-refractivity contribution is 9.11. The molecule has 3 nitrogen and oxygen atoms in total. The molecule has 0 aromatic carbocycles. The summed E-state index contributed by atoms with van der Waals surface area (Å²) >= 11 is 8.73. The fourth-order valence-electron chi connectivity index (χ4n) is 2.14. The van der Waals surface area contributed by atoms with Crippen LogP contribution in [0.5, 0.6) is 0 Å². The number of thiophene rings is 1. The summed E-state index contributed by atoms with van der Waals surface area (Å²) in [5.74, 6) is 0. The van der Waals surface area contributed by atoms with Crippen molar-refractivity contribution in [3.63, 3.8) is 0 Å². The monoisotopic (exact) mass is 420 g/mol. The van der Waals surface area contributed by atoms with E-state index in [1.165, 1.54) is 5.56 Å². The number of aromatic nitrogens is 2. The Labute approximate surface area is 140 Å². The van der Waals surface area contributed by atoms with Crippen molar-refractivity contribution in [2.75, 3.05) is 0 Å². The average Bonchev–Trinajstić information content (AvgIpc) is 2.92. The molecule has 2 aromatic rings. The van der Waals surface area contributed by atoms with E-state index in [1.54, 1.807) is 11.3 Å². The fraction of sp³-hybridized carbons (Fsp3) is 0.500. The van der Waals surface area contributed by atoms with Gasteiger partial charge in [-0.2, -0.15) is 5.10 Å². The Kier molecular flexibility index (Phi) is 5.45. The van der Waals surface area contributed by atoms with Crippen LogP contribution < -0.4 is 0 Å². The second-order valence-corrected chi connectivity index (χ2v) is 7.90. The highest BCUT2D eigenvalue weighted by Gasteiger charge is 2.20. The fourth-order valence-corrected chi connectivity index (χ4v) is 4.43. The van der Waals surface area contributed by atoms with E-state index in [-0.39, 0.29) is 0 Å². The molecule has 110 valence electrons. The minimum absolute atomic E-state index is 0.493. The summed E-state index contributed by atoms with van der Waals surface area (Å²) in [6.07, 6.45) is 0.974. The molecule has 0 aliphatic carbocycles. The van der Waals surface area contributed by atoms with Crippen LogP contribution in [0.25, 0.3) is 0 Å². The summed E-state index contributed by atoms with van der Waals surface area (Å²) in [6.45, 7) is 7.01. The first-order valence-electron chi connectivity index (χ1n) is 6.65. The second-order valence-electron chi connectivity index (χ2n) is 4.70. The van der Waals surface area contributed by atoms with Gasteiger partial charge in [0.1, 0.15) is 0 Å². The molecule has 0 aliphatic heterocycles. The van der Waals surface area contributed by atoms with Gasteiger partial charge in [0, 0.05) is 17.8 Å². The van der Waals surface area contributed by atoms with Gasteiger partial charge in [-0.1, -0.05) is 6.92 Å². The molecule has 2 heterocycles. The van der Waals surface area contributed by atoms with E-state index in [0.717, 1.165) is 37.5 Å². The summed E-state index contributed by atoms with van der Waals surface area (Å²) in [5, 5.41) is 15.0. The van der Waals surface area contributed by atoms with Crippen molar-refractivity contribution >= 4 is 43.2 Å². The first kappa shape index (κ1) is 16.2. The molecule has 6 heteroatoms. The van der Waals surface area contributed by atoms with Gasteiger partial charge in [-0.15, -0.1) is 11.3 Å². The third-order valence-corrected chi connectivity index (χ3v) is 6.44. The van der Waals surface area contributed by atoms with Crippen molar-refractivity contribution < 1.29 is 5.11 Å². The maximum atomic E-state index is 10.5. The summed E-state index contributed by atoms with van der Waals surface area (Å²) in [5.41, 5.74) is 3.29. The predicted molar refractivity (Wildman–Crippen MR) is 90.4 cm³/mol. The number of halogens is 2. The van der Waals surface area contributed by atoms with Crippen LogP contribution in [0.3, 0.4) is 0 Å². The minimum Gasteiger partial charge on any atom is -0.387 e. The van der Waals surface area contributed by atoms with E-state index >= 15 is 0 Å². The molecule has 1 N–H and O–H groups in total.